The number of tetrazole rings is 1. The monoisotopic (exact) mass is 413 g/mol. The van der Waals surface area contributed by atoms with E-state index in [1.165, 1.54) is 0 Å². The summed E-state index contributed by atoms with van der Waals surface area (Å²) >= 11 is 0. The summed E-state index contributed by atoms with van der Waals surface area (Å²) < 4.78 is 0. The summed E-state index contributed by atoms with van der Waals surface area (Å²) in [6, 6.07) is 9.70. The zero-order valence-electron chi connectivity index (χ0n) is 17.8. The number of aromatic nitrogens is 4. The van der Waals surface area contributed by atoms with E-state index in [2.05, 4.69) is 20.7 Å². The van der Waals surface area contributed by atoms with Gasteiger partial charge < -0.3 is 15.1 Å². The van der Waals surface area contributed by atoms with E-state index < -0.39 is 0 Å². The highest BCUT2D eigenvalue weighted by Crippen LogP contribution is 2.18. The molecular weight excluding hydrogens is 382 g/mol. The number of nitrogens with one attached hydrogen (secondary N) is 1. The number of nitrogens with zero attached hydrogens (tertiary/aromatic N) is 6. The van der Waals surface area contributed by atoms with Crippen molar-refractivity contribution in [3.8, 4) is 11.4 Å². The SMILES string of the molecule is CN(C)CCNC(=O)C1CCN(C(=O)CCCn2nnc(-c3ccccc3)n2)CC1. The van der Waals surface area contributed by atoms with Crippen molar-refractivity contribution in [2.75, 3.05) is 40.3 Å². The van der Waals surface area contributed by atoms with Gasteiger partial charge in [0.05, 0.1) is 6.54 Å². The van der Waals surface area contributed by atoms with E-state index in [1.54, 1.807) is 4.80 Å². The van der Waals surface area contributed by atoms with Crippen molar-refractivity contribution in [1.82, 2.24) is 35.3 Å². The Bertz CT molecular complexity index is 814. The van der Waals surface area contributed by atoms with E-state index in [-0.39, 0.29) is 17.7 Å². The molecule has 0 bridgehead atoms. The first-order valence-corrected chi connectivity index (χ1v) is 10.6. The van der Waals surface area contributed by atoms with Crippen molar-refractivity contribution >= 4 is 11.8 Å². The molecule has 1 aliphatic rings. The van der Waals surface area contributed by atoms with E-state index in [4.69, 9.17) is 0 Å². The molecule has 1 saturated heterocycles. The van der Waals surface area contributed by atoms with Crippen molar-refractivity contribution in [1.29, 1.82) is 0 Å². The van der Waals surface area contributed by atoms with Crippen LogP contribution in [-0.4, -0.2) is 82.1 Å². The van der Waals surface area contributed by atoms with Crippen LogP contribution in [0.5, 0.6) is 0 Å². The van der Waals surface area contributed by atoms with Crippen molar-refractivity contribution < 1.29 is 9.59 Å². The minimum atomic E-state index is 0.00645. The van der Waals surface area contributed by atoms with Crippen LogP contribution >= 0.6 is 0 Å². The molecular formula is C21H31N7O2. The summed E-state index contributed by atoms with van der Waals surface area (Å²) in [6.45, 7) is 3.33. The number of benzene rings is 1. The third-order valence-corrected chi connectivity index (χ3v) is 5.31. The topological polar surface area (TPSA) is 96.2 Å². The van der Waals surface area contributed by atoms with E-state index >= 15 is 0 Å². The van der Waals surface area contributed by atoms with E-state index in [1.807, 2.05) is 54.2 Å². The van der Waals surface area contributed by atoms with Gasteiger partial charge in [-0.3, -0.25) is 9.59 Å². The third-order valence-electron chi connectivity index (χ3n) is 5.31. The van der Waals surface area contributed by atoms with Gasteiger partial charge in [-0.2, -0.15) is 4.80 Å². The second-order valence-electron chi connectivity index (χ2n) is 7.93. The smallest absolute Gasteiger partial charge is 0.223 e. The zero-order chi connectivity index (χ0) is 21.3. The van der Waals surface area contributed by atoms with Gasteiger partial charge in [0.15, 0.2) is 0 Å². The molecule has 0 atom stereocenters. The lowest BCUT2D eigenvalue weighted by molar-refractivity contribution is -0.135. The molecule has 1 fully saturated rings. The molecule has 9 nitrogen and oxygen atoms in total. The van der Waals surface area contributed by atoms with Crippen molar-refractivity contribution in [2.24, 2.45) is 5.92 Å². The molecule has 0 spiro atoms. The lowest BCUT2D eigenvalue weighted by atomic mass is 9.95. The van der Waals surface area contributed by atoms with Crippen molar-refractivity contribution in [2.45, 2.75) is 32.2 Å². The Kier molecular flexibility index (Phi) is 7.89. The van der Waals surface area contributed by atoms with Gasteiger partial charge >= 0.3 is 0 Å². The molecule has 1 aromatic carbocycles. The molecule has 1 aliphatic heterocycles. The van der Waals surface area contributed by atoms with Crippen LogP contribution in [0.1, 0.15) is 25.7 Å². The van der Waals surface area contributed by atoms with Gasteiger partial charge in [0, 0.05) is 44.1 Å². The molecule has 2 aromatic rings. The number of hydrogen-bond donors (Lipinski definition) is 1. The van der Waals surface area contributed by atoms with E-state index in [0.717, 1.165) is 24.9 Å². The van der Waals surface area contributed by atoms with Gasteiger partial charge in [0.1, 0.15) is 0 Å². The van der Waals surface area contributed by atoms with Crippen molar-refractivity contribution in [3.05, 3.63) is 30.3 Å². The quantitative estimate of drug-likeness (QED) is 0.660. The maximum Gasteiger partial charge on any atom is 0.223 e. The summed E-state index contributed by atoms with van der Waals surface area (Å²) in [4.78, 5) is 30.2. The second kappa shape index (κ2) is 10.8. The highest BCUT2D eigenvalue weighted by molar-refractivity contribution is 5.80. The number of likely N-dealkylation sites (tertiary alicyclic amines) is 1. The number of piperidine rings is 1. The van der Waals surface area contributed by atoms with Gasteiger partial charge in [-0.1, -0.05) is 30.3 Å². The standard InChI is InChI=1S/C21H31N7O2/c1-26(2)16-12-22-21(30)18-10-14-27(15-11-18)19(29)9-6-13-28-24-20(23-25-28)17-7-4-3-5-8-17/h3-5,7-8,18H,6,9-16H2,1-2H3,(H,22,30). The lowest BCUT2D eigenvalue weighted by Crippen LogP contribution is -2.44. The lowest BCUT2D eigenvalue weighted by Gasteiger charge is -2.31. The molecule has 9 heteroatoms. The summed E-state index contributed by atoms with van der Waals surface area (Å²) in [7, 11) is 3.97. The predicted molar refractivity (Wildman–Crippen MR) is 113 cm³/mol. The first-order chi connectivity index (χ1) is 14.5. The Labute approximate surface area is 177 Å². The van der Waals surface area contributed by atoms with Crippen LogP contribution < -0.4 is 5.32 Å². The molecule has 0 aliphatic carbocycles. The molecule has 1 aromatic heterocycles. The molecule has 1 N–H and O–H groups in total. The van der Waals surface area contributed by atoms with E-state index in [9.17, 15) is 9.59 Å². The van der Waals surface area contributed by atoms with E-state index in [0.29, 0.717) is 44.8 Å². The number of hydrogen-bond acceptors (Lipinski definition) is 6. The largest absolute Gasteiger partial charge is 0.355 e. The number of carbonyl (C=O) groups excluding carboxylic acids is 2. The average Bonchev–Trinajstić information content (AvgIpc) is 3.23. The molecule has 0 radical (unpaired) electrons. The molecule has 0 saturated carbocycles. The Morgan fingerprint density at radius 2 is 1.90 bits per heavy atom. The Balaban J connectivity index is 1.35. The summed E-state index contributed by atoms with van der Waals surface area (Å²) in [5.74, 6) is 0.833. The predicted octanol–water partition coefficient (Wildman–Crippen LogP) is 1.04. The number of aryl methyl sites for hydroxylation is 1. The first kappa shape index (κ1) is 21.9. The maximum atomic E-state index is 12.5. The van der Waals surface area contributed by atoms with Gasteiger partial charge in [0.2, 0.25) is 17.6 Å². The van der Waals surface area contributed by atoms with Crippen LogP contribution in [0.25, 0.3) is 11.4 Å². The van der Waals surface area contributed by atoms with Crippen LogP contribution in [0.2, 0.25) is 0 Å². The van der Waals surface area contributed by atoms with Gasteiger partial charge in [-0.25, -0.2) is 0 Å². The molecule has 3 rings (SSSR count). The number of carbonyl (C=O) groups is 2. The summed E-state index contributed by atoms with van der Waals surface area (Å²) in [6.07, 6.45) is 2.56. The third kappa shape index (κ3) is 6.35. The zero-order valence-corrected chi connectivity index (χ0v) is 17.8. The minimum Gasteiger partial charge on any atom is -0.355 e. The molecule has 30 heavy (non-hydrogen) atoms. The number of amides is 2. The minimum absolute atomic E-state index is 0.00645. The maximum absolute atomic E-state index is 12.5. The molecule has 162 valence electrons. The van der Waals surface area contributed by atoms with Crippen LogP contribution in [0.3, 0.4) is 0 Å². The number of rotatable bonds is 9. The summed E-state index contributed by atoms with van der Waals surface area (Å²) in [5.41, 5.74) is 0.924. The molecule has 2 amide bonds. The normalized spacial score (nSPS) is 14.8. The van der Waals surface area contributed by atoms with Crippen LogP contribution in [0, 0.1) is 5.92 Å². The van der Waals surface area contributed by atoms with Gasteiger partial charge in [0.25, 0.3) is 0 Å². The van der Waals surface area contributed by atoms with Gasteiger partial charge in [-0.15, -0.1) is 10.2 Å². The highest BCUT2D eigenvalue weighted by Gasteiger charge is 2.26. The Hall–Kier alpha value is -2.81. The van der Waals surface area contributed by atoms with Crippen LogP contribution in [0.4, 0.5) is 0 Å². The Morgan fingerprint density at radius 3 is 2.60 bits per heavy atom. The van der Waals surface area contributed by atoms with Crippen LogP contribution in [-0.2, 0) is 16.1 Å². The molecule has 0 unspecified atom stereocenters. The van der Waals surface area contributed by atoms with Gasteiger partial charge in [-0.05, 0) is 38.6 Å². The first-order valence-electron chi connectivity index (χ1n) is 10.6. The van der Waals surface area contributed by atoms with Crippen LogP contribution in [0.15, 0.2) is 30.3 Å². The van der Waals surface area contributed by atoms with Crippen molar-refractivity contribution in [3.63, 3.8) is 0 Å². The fraction of sp³-hybridized carbons (Fsp3) is 0.571. The Morgan fingerprint density at radius 1 is 1.17 bits per heavy atom. The second-order valence-corrected chi connectivity index (χ2v) is 7.93. The summed E-state index contributed by atoms with van der Waals surface area (Å²) in [5, 5.41) is 15.5. The molecule has 2 heterocycles. The number of likely N-dealkylation sites (N-methyl/N-ethyl adjacent to an activating group) is 1. The fourth-order valence-electron chi connectivity index (χ4n) is 3.51. The fourth-order valence-corrected chi connectivity index (χ4v) is 3.51. The average molecular weight is 414 g/mol. The highest BCUT2D eigenvalue weighted by atomic mass is 16.2.